The molecule has 0 amide bonds. The van der Waals surface area contributed by atoms with Gasteiger partial charge in [-0.05, 0) is 67.5 Å². The molecule has 1 heterocycles. The Morgan fingerprint density at radius 3 is 2.07 bits per heavy atom. The average Bonchev–Trinajstić information content (AvgIpc) is 2.69. The van der Waals surface area contributed by atoms with Crippen LogP contribution in [0.25, 0.3) is 0 Å². The van der Waals surface area contributed by atoms with Crippen LogP contribution in [0, 0.1) is 0 Å². The number of hydrogen-bond donors (Lipinski definition) is 4. The van der Waals surface area contributed by atoms with Gasteiger partial charge in [0.2, 0.25) is 11.9 Å². The Morgan fingerprint density at radius 1 is 0.897 bits per heavy atom. The molecule has 0 aromatic heterocycles. The Balaban J connectivity index is 1.55. The van der Waals surface area contributed by atoms with E-state index in [1.807, 2.05) is 29.2 Å². The van der Waals surface area contributed by atoms with Crippen molar-refractivity contribution in [1.82, 2.24) is 0 Å². The summed E-state index contributed by atoms with van der Waals surface area (Å²) in [5.41, 5.74) is 13.0. The van der Waals surface area contributed by atoms with E-state index in [1.54, 1.807) is 24.3 Å². The van der Waals surface area contributed by atoms with E-state index in [2.05, 4.69) is 9.98 Å². The Kier molecular flexibility index (Phi) is 5.17. The molecule has 0 radical (unpaired) electrons. The van der Waals surface area contributed by atoms with E-state index in [0.29, 0.717) is 22.9 Å². The monoisotopic (exact) mass is 393 g/mol. The van der Waals surface area contributed by atoms with Crippen LogP contribution in [0.5, 0.6) is 11.5 Å². The van der Waals surface area contributed by atoms with E-state index in [9.17, 15) is 10.0 Å². The maximum Gasteiger partial charge on any atom is 0.488 e. The van der Waals surface area contributed by atoms with Gasteiger partial charge >= 0.3 is 7.12 Å². The molecule has 0 atom stereocenters. The molecule has 1 aliphatic carbocycles. The zero-order chi connectivity index (χ0) is 20.4. The van der Waals surface area contributed by atoms with Gasteiger partial charge in [-0.2, -0.15) is 4.99 Å². The number of benzene rings is 2. The molecular formula is C20H24BN5O3. The number of ether oxygens (including phenoxy) is 1. The van der Waals surface area contributed by atoms with Gasteiger partial charge in [-0.15, -0.1) is 0 Å². The van der Waals surface area contributed by atoms with Crippen molar-refractivity contribution in [2.45, 2.75) is 37.8 Å². The lowest BCUT2D eigenvalue weighted by molar-refractivity contribution is 0.305. The summed E-state index contributed by atoms with van der Waals surface area (Å²) in [4.78, 5) is 10.8. The molecule has 1 fully saturated rings. The van der Waals surface area contributed by atoms with E-state index in [4.69, 9.17) is 16.2 Å². The fraction of sp³-hybridized carbons (Fsp3) is 0.300. The second-order valence-electron chi connectivity index (χ2n) is 7.36. The van der Waals surface area contributed by atoms with Gasteiger partial charge < -0.3 is 26.3 Å². The molecular weight excluding hydrogens is 369 g/mol. The number of nitrogens with two attached hydrogens (primary N) is 2. The fourth-order valence-corrected chi connectivity index (χ4v) is 4.00. The Labute approximate surface area is 169 Å². The number of hydrogen-bond acceptors (Lipinski definition) is 8. The highest BCUT2D eigenvalue weighted by Crippen LogP contribution is 2.39. The highest BCUT2D eigenvalue weighted by molar-refractivity contribution is 6.58. The van der Waals surface area contributed by atoms with Gasteiger partial charge in [-0.25, -0.2) is 4.99 Å². The lowest BCUT2D eigenvalue weighted by Crippen LogP contribution is -2.58. The van der Waals surface area contributed by atoms with Gasteiger partial charge in [0.25, 0.3) is 0 Å². The van der Waals surface area contributed by atoms with Crippen LogP contribution in [-0.2, 0) is 0 Å². The van der Waals surface area contributed by atoms with Crippen LogP contribution in [0.15, 0.2) is 58.5 Å². The third-order valence-electron chi connectivity index (χ3n) is 5.36. The molecule has 9 heteroatoms. The molecule has 4 rings (SSSR count). The van der Waals surface area contributed by atoms with E-state index < -0.39 is 12.8 Å². The molecule has 2 aliphatic rings. The molecule has 8 nitrogen and oxygen atoms in total. The number of nitrogens with zero attached hydrogens (tertiary/aromatic N) is 3. The van der Waals surface area contributed by atoms with E-state index in [1.165, 1.54) is 6.42 Å². The summed E-state index contributed by atoms with van der Waals surface area (Å²) in [6, 6.07) is 14.2. The highest BCUT2D eigenvalue weighted by atomic mass is 16.5. The van der Waals surface area contributed by atoms with Crippen LogP contribution in [0.3, 0.4) is 0 Å². The second-order valence-corrected chi connectivity index (χ2v) is 7.36. The van der Waals surface area contributed by atoms with Crippen LogP contribution < -0.4 is 26.6 Å². The first-order valence-electron chi connectivity index (χ1n) is 9.71. The van der Waals surface area contributed by atoms with Crippen LogP contribution >= 0.6 is 0 Å². The van der Waals surface area contributed by atoms with Crippen LogP contribution in [0.2, 0.25) is 0 Å². The van der Waals surface area contributed by atoms with Gasteiger partial charge in [0.15, 0.2) is 0 Å². The summed E-state index contributed by atoms with van der Waals surface area (Å²) in [6.07, 6.45) is 5.08. The first-order chi connectivity index (χ1) is 14.0. The second kappa shape index (κ2) is 7.77. The average molecular weight is 393 g/mol. The van der Waals surface area contributed by atoms with E-state index >= 15 is 0 Å². The molecule has 1 spiro atoms. The van der Waals surface area contributed by atoms with Gasteiger partial charge in [0, 0.05) is 5.69 Å². The molecule has 6 N–H and O–H groups in total. The third kappa shape index (κ3) is 3.92. The minimum Gasteiger partial charge on any atom is -0.457 e. The fourth-order valence-electron chi connectivity index (χ4n) is 4.00. The van der Waals surface area contributed by atoms with Crippen molar-refractivity contribution in [2.24, 2.45) is 21.5 Å². The molecule has 0 unspecified atom stereocenters. The topological polar surface area (TPSA) is 130 Å². The normalized spacial score (nSPS) is 18.2. The maximum absolute atomic E-state index is 9.17. The summed E-state index contributed by atoms with van der Waals surface area (Å²) < 4.78 is 5.85. The summed E-state index contributed by atoms with van der Waals surface area (Å²) in [5.74, 6) is 1.84. The first kappa shape index (κ1) is 19.3. The highest BCUT2D eigenvalue weighted by Gasteiger charge is 2.42. The smallest absolute Gasteiger partial charge is 0.457 e. The molecule has 29 heavy (non-hydrogen) atoms. The molecule has 1 saturated carbocycles. The molecule has 2 aromatic rings. The minimum atomic E-state index is -1.50. The largest absolute Gasteiger partial charge is 0.488 e. The van der Waals surface area contributed by atoms with E-state index in [-0.39, 0.29) is 5.96 Å². The Morgan fingerprint density at radius 2 is 1.48 bits per heavy atom. The SMILES string of the molecule is NC1=NC2(CCCCC2)N(c2ccc(Oc3ccc(B(O)O)cc3)cc2)C(N)=N1. The summed E-state index contributed by atoms with van der Waals surface area (Å²) in [5, 5.41) is 18.3. The van der Waals surface area contributed by atoms with Crippen molar-refractivity contribution in [3.8, 4) is 11.5 Å². The lowest BCUT2D eigenvalue weighted by atomic mass is 9.80. The number of aliphatic imine (C=N–C) groups is 2. The number of anilines is 1. The number of guanidine groups is 2. The van der Waals surface area contributed by atoms with Gasteiger partial charge in [-0.3, -0.25) is 4.90 Å². The van der Waals surface area contributed by atoms with E-state index in [0.717, 1.165) is 31.4 Å². The predicted octanol–water partition coefficient (Wildman–Crippen LogP) is 1.27. The molecule has 150 valence electrons. The summed E-state index contributed by atoms with van der Waals surface area (Å²) in [7, 11) is -1.50. The first-order valence-corrected chi connectivity index (χ1v) is 9.71. The lowest BCUT2D eigenvalue weighted by Gasteiger charge is -2.45. The van der Waals surface area contributed by atoms with Gasteiger partial charge in [-0.1, -0.05) is 18.6 Å². The number of rotatable bonds is 4. The Bertz CT molecular complexity index is 922. The van der Waals surface area contributed by atoms with Crippen molar-refractivity contribution >= 4 is 30.2 Å². The van der Waals surface area contributed by atoms with Crippen molar-refractivity contribution in [3.63, 3.8) is 0 Å². The molecule has 0 bridgehead atoms. The zero-order valence-corrected chi connectivity index (χ0v) is 16.0. The summed E-state index contributed by atoms with van der Waals surface area (Å²) >= 11 is 0. The molecule has 0 saturated heterocycles. The zero-order valence-electron chi connectivity index (χ0n) is 16.0. The van der Waals surface area contributed by atoms with Crippen molar-refractivity contribution < 1.29 is 14.8 Å². The van der Waals surface area contributed by atoms with Gasteiger partial charge in [0.1, 0.15) is 17.2 Å². The van der Waals surface area contributed by atoms with Crippen LogP contribution in [0.4, 0.5) is 5.69 Å². The van der Waals surface area contributed by atoms with Gasteiger partial charge in [0.05, 0.1) is 0 Å². The predicted molar refractivity (Wildman–Crippen MR) is 114 cm³/mol. The van der Waals surface area contributed by atoms with Crippen LogP contribution in [-0.4, -0.2) is 34.7 Å². The minimum absolute atomic E-state index is 0.233. The quantitative estimate of drug-likeness (QED) is 0.579. The van der Waals surface area contributed by atoms with Crippen molar-refractivity contribution in [1.29, 1.82) is 0 Å². The van der Waals surface area contributed by atoms with Crippen LogP contribution in [0.1, 0.15) is 32.1 Å². The Hall–Kier alpha value is -3.04. The maximum atomic E-state index is 9.17. The standard InChI is InChI=1S/C20H24BN5O3/c22-18-24-19(23)26(20(25-18)12-2-1-3-13-20)15-6-10-17(11-7-15)29-16-8-4-14(5-9-16)21(27)28/h4-11,27-28H,1-3,12-13H2,(H4,22,23,24,25). The van der Waals surface area contributed by atoms with Crippen molar-refractivity contribution in [2.75, 3.05) is 4.90 Å². The molecule has 1 aliphatic heterocycles. The third-order valence-corrected chi connectivity index (χ3v) is 5.36. The molecule has 2 aromatic carbocycles. The summed E-state index contributed by atoms with van der Waals surface area (Å²) in [6.45, 7) is 0. The van der Waals surface area contributed by atoms with Crippen molar-refractivity contribution in [3.05, 3.63) is 48.5 Å².